The van der Waals surface area contributed by atoms with Crippen molar-refractivity contribution in [2.45, 2.75) is 13.0 Å². The smallest absolute Gasteiger partial charge is 0.234 e. The van der Waals surface area contributed by atoms with Gasteiger partial charge in [0.2, 0.25) is 5.91 Å². The van der Waals surface area contributed by atoms with Crippen LogP contribution in [-0.2, 0) is 11.3 Å². The molecule has 3 rings (SSSR count). The highest BCUT2D eigenvalue weighted by molar-refractivity contribution is 7.09. The molecule has 0 spiro atoms. The largest absolute Gasteiger partial charge is 0.370 e. The summed E-state index contributed by atoms with van der Waals surface area (Å²) in [4.78, 5) is 19.7. The van der Waals surface area contributed by atoms with Gasteiger partial charge in [0.05, 0.1) is 13.1 Å². The minimum Gasteiger partial charge on any atom is -0.370 e. The van der Waals surface area contributed by atoms with E-state index in [4.69, 9.17) is 0 Å². The van der Waals surface area contributed by atoms with Crippen molar-refractivity contribution in [3.05, 3.63) is 46.8 Å². The first-order valence-corrected chi connectivity index (χ1v) is 8.84. The normalized spacial score (nSPS) is 18.0. The number of anilines is 1. The molecule has 0 aromatic carbocycles. The molecular formula is C17H22N4OS. The third-order valence-corrected chi connectivity index (χ3v) is 4.89. The number of rotatable bonds is 7. The van der Waals surface area contributed by atoms with E-state index in [0.29, 0.717) is 19.0 Å². The van der Waals surface area contributed by atoms with Crippen LogP contribution in [0.1, 0.15) is 11.3 Å². The monoisotopic (exact) mass is 330 g/mol. The Labute approximate surface area is 140 Å². The lowest BCUT2D eigenvalue weighted by molar-refractivity contribution is -0.122. The van der Waals surface area contributed by atoms with E-state index in [1.54, 1.807) is 17.5 Å². The number of hydrogen-bond donors (Lipinski definition) is 2. The van der Waals surface area contributed by atoms with Gasteiger partial charge in [-0.15, -0.1) is 11.3 Å². The third kappa shape index (κ3) is 5.04. The number of hydrogen-bond acceptors (Lipinski definition) is 5. The van der Waals surface area contributed by atoms with Crippen LogP contribution in [0.15, 0.2) is 41.9 Å². The summed E-state index contributed by atoms with van der Waals surface area (Å²) in [7, 11) is 0. The van der Waals surface area contributed by atoms with Crippen LogP contribution in [0, 0.1) is 5.92 Å². The number of carbonyl (C=O) groups excluding carboxylic acids is 1. The Morgan fingerprint density at radius 1 is 1.35 bits per heavy atom. The fourth-order valence-corrected chi connectivity index (χ4v) is 3.44. The van der Waals surface area contributed by atoms with Crippen molar-refractivity contribution in [1.29, 1.82) is 0 Å². The Hall–Kier alpha value is -1.92. The molecule has 122 valence electrons. The van der Waals surface area contributed by atoms with Gasteiger partial charge in [0.25, 0.3) is 0 Å². The lowest BCUT2D eigenvalue weighted by Gasteiger charge is -2.16. The number of carbonyl (C=O) groups is 1. The summed E-state index contributed by atoms with van der Waals surface area (Å²) >= 11 is 1.67. The molecule has 1 unspecified atom stereocenters. The summed E-state index contributed by atoms with van der Waals surface area (Å²) in [6, 6.07) is 9.92. The van der Waals surface area contributed by atoms with Crippen LogP contribution in [0.2, 0.25) is 0 Å². The SMILES string of the molecule is O=C(CN1CCC(CNc2ccccn2)C1)NCc1cccs1. The standard InChI is InChI=1S/C17H22N4OS/c22-17(20-11-15-4-3-9-23-15)13-21-8-6-14(12-21)10-19-16-5-1-2-7-18-16/h1-5,7,9,14H,6,8,10-13H2,(H,18,19)(H,20,22). The lowest BCUT2D eigenvalue weighted by Crippen LogP contribution is -2.36. The Balaban J connectivity index is 1.35. The second kappa shape index (κ2) is 8.08. The third-order valence-electron chi connectivity index (χ3n) is 4.01. The summed E-state index contributed by atoms with van der Waals surface area (Å²) in [5, 5.41) is 8.38. The highest BCUT2D eigenvalue weighted by Gasteiger charge is 2.23. The Morgan fingerprint density at radius 3 is 3.09 bits per heavy atom. The van der Waals surface area contributed by atoms with Crippen LogP contribution in [0.5, 0.6) is 0 Å². The number of pyridine rings is 1. The van der Waals surface area contributed by atoms with Crippen molar-refractivity contribution in [3.8, 4) is 0 Å². The predicted octanol–water partition coefficient (Wildman–Crippen LogP) is 2.19. The molecule has 2 aromatic heterocycles. The summed E-state index contributed by atoms with van der Waals surface area (Å²) in [5.41, 5.74) is 0. The molecule has 0 aliphatic carbocycles. The van der Waals surface area contributed by atoms with E-state index in [1.165, 1.54) is 4.88 Å². The van der Waals surface area contributed by atoms with Gasteiger partial charge in [-0.1, -0.05) is 12.1 Å². The first kappa shape index (κ1) is 16.0. The van der Waals surface area contributed by atoms with Crippen LogP contribution >= 0.6 is 11.3 Å². The van der Waals surface area contributed by atoms with Gasteiger partial charge in [-0.05, 0) is 42.5 Å². The lowest BCUT2D eigenvalue weighted by atomic mass is 10.1. The number of nitrogens with zero attached hydrogens (tertiary/aromatic N) is 2. The van der Waals surface area contributed by atoms with Crippen LogP contribution < -0.4 is 10.6 Å². The van der Waals surface area contributed by atoms with Crippen molar-refractivity contribution in [2.24, 2.45) is 5.92 Å². The molecule has 0 bridgehead atoms. The Kier molecular flexibility index (Phi) is 5.60. The number of aromatic nitrogens is 1. The van der Waals surface area contributed by atoms with Gasteiger partial charge >= 0.3 is 0 Å². The molecule has 6 heteroatoms. The quantitative estimate of drug-likeness (QED) is 0.817. The van der Waals surface area contributed by atoms with Crippen LogP contribution in [-0.4, -0.2) is 42.0 Å². The minimum atomic E-state index is 0.108. The number of likely N-dealkylation sites (tertiary alicyclic amines) is 1. The van der Waals surface area contributed by atoms with E-state index >= 15 is 0 Å². The average Bonchev–Trinajstić information content (AvgIpc) is 3.24. The van der Waals surface area contributed by atoms with Gasteiger partial charge in [0, 0.05) is 24.2 Å². The molecule has 1 aliphatic heterocycles. The van der Waals surface area contributed by atoms with E-state index in [0.717, 1.165) is 31.9 Å². The fourth-order valence-electron chi connectivity index (χ4n) is 2.80. The second-order valence-electron chi connectivity index (χ2n) is 5.84. The van der Waals surface area contributed by atoms with E-state index in [1.807, 2.05) is 35.7 Å². The van der Waals surface area contributed by atoms with Crippen LogP contribution in [0.3, 0.4) is 0 Å². The zero-order chi connectivity index (χ0) is 15.9. The summed E-state index contributed by atoms with van der Waals surface area (Å²) in [6.45, 7) is 3.98. The van der Waals surface area contributed by atoms with Gasteiger partial charge < -0.3 is 10.6 Å². The van der Waals surface area contributed by atoms with Crippen molar-refractivity contribution in [3.63, 3.8) is 0 Å². The fraction of sp³-hybridized carbons (Fsp3) is 0.412. The maximum Gasteiger partial charge on any atom is 0.234 e. The van der Waals surface area contributed by atoms with Gasteiger partial charge in [0.15, 0.2) is 0 Å². The summed E-state index contributed by atoms with van der Waals surface area (Å²) < 4.78 is 0. The molecule has 1 fully saturated rings. The number of thiophene rings is 1. The zero-order valence-electron chi connectivity index (χ0n) is 13.1. The highest BCUT2D eigenvalue weighted by atomic mass is 32.1. The van der Waals surface area contributed by atoms with Gasteiger partial charge in [-0.3, -0.25) is 9.69 Å². The van der Waals surface area contributed by atoms with Crippen molar-refractivity contribution >= 4 is 23.1 Å². The first-order valence-electron chi connectivity index (χ1n) is 7.96. The van der Waals surface area contributed by atoms with E-state index in [9.17, 15) is 4.79 Å². The Bertz CT molecular complexity index is 602. The molecule has 5 nitrogen and oxygen atoms in total. The van der Waals surface area contributed by atoms with E-state index in [-0.39, 0.29) is 5.91 Å². The van der Waals surface area contributed by atoms with Crippen molar-refractivity contribution in [1.82, 2.24) is 15.2 Å². The molecule has 0 saturated carbocycles. The molecular weight excluding hydrogens is 308 g/mol. The molecule has 2 aromatic rings. The van der Waals surface area contributed by atoms with Gasteiger partial charge in [-0.25, -0.2) is 4.98 Å². The topological polar surface area (TPSA) is 57.3 Å². The first-order chi connectivity index (χ1) is 11.3. The second-order valence-corrected chi connectivity index (χ2v) is 6.87. The molecule has 1 atom stereocenters. The maximum absolute atomic E-state index is 12.0. The summed E-state index contributed by atoms with van der Waals surface area (Å²) in [6.07, 6.45) is 2.92. The van der Waals surface area contributed by atoms with Gasteiger partial charge in [0.1, 0.15) is 5.82 Å². The minimum absolute atomic E-state index is 0.108. The van der Waals surface area contributed by atoms with Crippen LogP contribution in [0.4, 0.5) is 5.82 Å². The molecule has 1 aliphatic rings. The number of nitrogens with one attached hydrogen (secondary N) is 2. The molecule has 0 radical (unpaired) electrons. The Morgan fingerprint density at radius 2 is 2.30 bits per heavy atom. The van der Waals surface area contributed by atoms with E-state index < -0.39 is 0 Å². The van der Waals surface area contributed by atoms with Gasteiger partial charge in [-0.2, -0.15) is 0 Å². The molecule has 1 saturated heterocycles. The van der Waals surface area contributed by atoms with Crippen molar-refractivity contribution < 1.29 is 4.79 Å². The zero-order valence-corrected chi connectivity index (χ0v) is 13.9. The summed E-state index contributed by atoms with van der Waals surface area (Å²) in [5.74, 6) is 1.60. The van der Waals surface area contributed by atoms with Crippen molar-refractivity contribution in [2.75, 3.05) is 31.5 Å². The number of amides is 1. The maximum atomic E-state index is 12.0. The molecule has 2 N–H and O–H groups in total. The highest BCUT2D eigenvalue weighted by Crippen LogP contribution is 2.16. The molecule has 3 heterocycles. The van der Waals surface area contributed by atoms with E-state index in [2.05, 4.69) is 20.5 Å². The molecule has 1 amide bonds. The predicted molar refractivity (Wildman–Crippen MR) is 93.4 cm³/mol. The average molecular weight is 330 g/mol. The van der Waals surface area contributed by atoms with Crippen LogP contribution in [0.25, 0.3) is 0 Å². The molecule has 23 heavy (non-hydrogen) atoms.